The van der Waals surface area contributed by atoms with E-state index >= 15 is 0 Å². The molecule has 1 aromatic heterocycles. The standard InChI is InChI=1S/C22H28Cl2N4O2/c1-15(2)12-27(22(30)25-19-8-4-7-18(23)21(19)24)14-20(29)28(16-9-10-16)13-17-6-5-11-26(17)3/h4-8,11,15-16H,9-10,12-14H2,1-3H3,(H,25,30). The molecule has 3 rings (SSSR count). The lowest BCUT2D eigenvalue weighted by molar-refractivity contribution is -0.133. The number of benzene rings is 1. The second-order valence-corrected chi connectivity index (χ2v) is 8.95. The van der Waals surface area contributed by atoms with Gasteiger partial charge in [0.15, 0.2) is 0 Å². The van der Waals surface area contributed by atoms with Crippen molar-refractivity contribution in [3.63, 3.8) is 0 Å². The minimum atomic E-state index is -0.365. The first kappa shape index (κ1) is 22.5. The van der Waals surface area contributed by atoms with Gasteiger partial charge in [0, 0.05) is 31.5 Å². The summed E-state index contributed by atoms with van der Waals surface area (Å²) in [6.07, 6.45) is 3.98. The van der Waals surface area contributed by atoms with Gasteiger partial charge in [0.05, 0.1) is 22.3 Å². The number of anilines is 1. The maximum Gasteiger partial charge on any atom is 0.322 e. The monoisotopic (exact) mass is 450 g/mol. The lowest BCUT2D eigenvalue weighted by atomic mass is 10.2. The van der Waals surface area contributed by atoms with E-state index in [-0.39, 0.29) is 35.5 Å². The molecule has 1 aliphatic rings. The fraction of sp³-hybridized carbons (Fsp3) is 0.455. The van der Waals surface area contributed by atoms with Crippen LogP contribution in [0.3, 0.4) is 0 Å². The Balaban J connectivity index is 1.72. The molecule has 1 N–H and O–H groups in total. The number of rotatable bonds is 8. The number of amides is 3. The highest BCUT2D eigenvalue weighted by atomic mass is 35.5. The summed E-state index contributed by atoms with van der Waals surface area (Å²) in [5, 5.41) is 3.44. The summed E-state index contributed by atoms with van der Waals surface area (Å²) in [5.41, 5.74) is 1.50. The Morgan fingerprint density at radius 1 is 1.20 bits per heavy atom. The van der Waals surface area contributed by atoms with Crippen molar-refractivity contribution in [2.45, 2.75) is 39.3 Å². The maximum atomic E-state index is 13.2. The van der Waals surface area contributed by atoms with Gasteiger partial charge in [-0.3, -0.25) is 4.79 Å². The molecule has 1 heterocycles. The Kier molecular flexibility index (Phi) is 7.32. The van der Waals surface area contributed by atoms with Crippen LogP contribution in [-0.4, -0.2) is 45.4 Å². The summed E-state index contributed by atoms with van der Waals surface area (Å²) in [6.45, 7) is 5.05. The molecule has 30 heavy (non-hydrogen) atoms. The fourth-order valence-electron chi connectivity index (χ4n) is 3.35. The minimum absolute atomic E-state index is 0.0170. The van der Waals surface area contributed by atoms with E-state index in [0.717, 1.165) is 18.5 Å². The van der Waals surface area contributed by atoms with Gasteiger partial charge >= 0.3 is 6.03 Å². The molecule has 1 aliphatic carbocycles. The molecule has 6 nitrogen and oxygen atoms in total. The average Bonchev–Trinajstić information content (AvgIpc) is 3.44. The number of carbonyl (C=O) groups excluding carboxylic acids is 2. The Hall–Kier alpha value is -2.18. The Morgan fingerprint density at radius 2 is 1.93 bits per heavy atom. The zero-order chi connectivity index (χ0) is 21.8. The number of halogens is 2. The van der Waals surface area contributed by atoms with Crippen molar-refractivity contribution in [3.8, 4) is 0 Å². The zero-order valence-corrected chi connectivity index (χ0v) is 19.1. The lowest BCUT2D eigenvalue weighted by Gasteiger charge is -2.29. The van der Waals surface area contributed by atoms with Crippen LogP contribution < -0.4 is 5.32 Å². The number of urea groups is 1. The van der Waals surface area contributed by atoms with E-state index in [1.165, 1.54) is 0 Å². The summed E-state index contributed by atoms with van der Waals surface area (Å²) < 4.78 is 2.02. The second-order valence-electron chi connectivity index (χ2n) is 8.17. The third-order valence-corrected chi connectivity index (χ3v) is 5.90. The Labute approximate surface area is 187 Å². The third kappa shape index (κ3) is 5.70. The Morgan fingerprint density at radius 3 is 2.53 bits per heavy atom. The number of nitrogens with zero attached hydrogens (tertiary/aromatic N) is 3. The molecule has 1 fully saturated rings. The van der Waals surface area contributed by atoms with Crippen LogP contribution in [-0.2, 0) is 18.4 Å². The molecule has 162 valence electrons. The molecule has 0 atom stereocenters. The summed E-state index contributed by atoms with van der Waals surface area (Å²) in [7, 11) is 1.97. The summed E-state index contributed by atoms with van der Waals surface area (Å²) in [4.78, 5) is 29.6. The van der Waals surface area contributed by atoms with Gasteiger partial charge in [-0.2, -0.15) is 0 Å². The normalized spacial score (nSPS) is 13.4. The van der Waals surface area contributed by atoms with Crippen LogP contribution in [0.5, 0.6) is 0 Å². The predicted molar refractivity (Wildman–Crippen MR) is 121 cm³/mol. The molecule has 0 aliphatic heterocycles. The van der Waals surface area contributed by atoms with Crippen LogP contribution in [0.1, 0.15) is 32.4 Å². The summed E-state index contributed by atoms with van der Waals surface area (Å²) in [5.74, 6) is 0.160. The van der Waals surface area contributed by atoms with Gasteiger partial charge in [-0.1, -0.05) is 43.1 Å². The number of aromatic nitrogens is 1. The molecule has 2 aromatic rings. The highest BCUT2D eigenvalue weighted by Gasteiger charge is 2.34. The van der Waals surface area contributed by atoms with E-state index < -0.39 is 0 Å². The van der Waals surface area contributed by atoms with Crippen molar-refractivity contribution in [1.82, 2.24) is 14.4 Å². The smallest absolute Gasteiger partial charge is 0.322 e. The number of carbonyl (C=O) groups is 2. The highest BCUT2D eigenvalue weighted by molar-refractivity contribution is 6.43. The van der Waals surface area contributed by atoms with Crippen molar-refractivity contribution in [2.75, 3.05) is 18.4 Å². The van der Waals surface area contributed by atoms with Crippen molar-refractivity contribution < 1.29 is 9.59 Å². The topological polar surface area (TPSA) is 57.6 Å². The molecular formula is C22H28Cl2N4O2. The van der Waals surface area contributed by atoms with Crippen molar-refractivity contribution >= 4 is 40.8 Å². The van der Waals surface area contributed by atoms with E-state index in [1.54, 1.807) is 23.1 Å². The molecule has 0 radical (unpaired) electrons. The quantitative estimate of drug-likeness (QED) is 0.613. The molecule has 0 unspecified atom stereocenters. The highest BCUT2D eigenvalue weighted by Crippen LogP contribution is 2.30. The molecule has 8 heteroatoms. The van der Waals surface area contributed by atoms with Crippen molar-refractivity contribution in [1.29, 1.82) is 0 Å². The average molecular weight is 451 g/mol. The van der Waals surface area contributed by atoms with Gasteiger partial charge in [0.1, 0.15) is 6.54 Å². The van der Waals surface area contributed by atoms with Gasteiger partial charge < -0.3 is 19.7 Å². The predicted octanol–water partition coefficient (Wildman–Crippen LogP) is 5.01. The number of nitrogens with one attached hydrogen (secondary N) is 1. The summed E-state index contributed by atoms with van der Waals surface area (Å²) >= 11 is 12.3. The van der Waals surface area contributed by atoms with Crippen LogP contribution in [0.4, 0.5) is 10.5 Å². The molecule has 1 saturated carbocycles. The number of aryl methyl sites for hydroxylation is 1. The Bertz CT molecular complexity index is 908. The SMILES string of the molecule is CC(C)CN(CC(=O)N(Cc1cccn1C)C1CC1)C(=O)Nc1cccc(Cl)c1Cl. The summed E-state index contributed by atoms with van der Waals surface area (Å²) in [6, 6.07) is 8.94. The number of hydrogen-bond acceptors (Lipinski definition) is 2. The van der Waals surface area contributed by atoms with Gasteiger partial charge in [-0.05, 0) is 43.0 Å². The molecule has 0 spiro atoms. The third-order valence-electron chi connectivity index (χ3n) is 5.08. The van der Waals surface area contributed by atoms with Gasteiger partial charge in [-0.15, -0.1) is 0 Å². The van der Waals surface area contributed by atoms with Crippen LogP contribution in [0, 0.1) is 5.92 Å². The second kappa shape index (κ2) is 9.75. The van der Waals surface area contributed by atoms with E-state index in [4.69, 9.17) is 23.2 Å². The largest absolute Gasteiger partial charge is 0.353 e. The van der Waals surface area contributed by atoms with Crippen LogP contribution >= 0.6 is 23.2 Å². The first-order valence-electron chi connectivity index (χ1n) is 10.2. The van der Waals surface area contributed by atoms with E-state index in [9.17, 15) is 9.59 Å². The molecule has 1 aromatic carbocycles. The zero-order valence-electron chi connectivity index (χ0n) is 17.6. The number of hydrogen-bond donors (Lipinski definition) is 1. The lowest BCUT2D eigenvalue weighted by Crippen LogP contribution is -2.46. The molecule has 0 saturated heterocycles. The maximum absolute atomic E-state index is 13.2. The van der Waals surface area contributed by atoms with Crippen LogP contribution in [0.15, 0.2) is 36.5 Å². The van der Waals surface area contributed by atoms with Gasteiger partial charge in [0.2, 0.25) is 5.91 Å². The molecule has 3 amide bonds. The van der Waals surface area contributed by atoms with E-state index in [0.29, 0.717) is 23.8 Å². The van der Waals surface area contributed by atoms with Crippen LogP contribution in [0.25, 0.3) is 0 Å². The first-order chi connectivity index (χ1) is 14.3. The fourth-order valence-corrected chi connectivity index (χ4v) is 3.70. The van der Waals surface area contributed by atoms with Gasteiger partial charge in [0.25, 0.3) is 0 Å². The van der Waals surface area contributed by atoms with E-state index in [1.807, 2.05) is 48.7 Å². The molecular weight excluding hydrogens is 423 g/mol. The molecule has 0 bridgehead atoms. The van der Waals surface area contributed by atoms with Crippen molar-refractivity contribution in [2.24, 2.45) is 13.0 Å². The van der Waals surface area contributed by atoms with E-state index in [2.05, 4.69) is 5.32 Å². The van der Waals surface area contributed by atoms with Gasteiger partial charge in [-0.25, -0.2) is 4.79 Å². The first-order valence-corrected chi connectivity index (χ1v) is 10.9. The van der Waals surface area contributed by atoms with Crippen LogP contribution in [0.2, 0.25) is 10.0 Å². The van der Waals surface area contributed by atoms with Crippen molar-refractivity contribution in [3.05, 3.63) is 52.3 Å². The minimum Gasteiger partial charge on any atom is -0.353 e.